The lowest BCUT2D eigenvalue weighted by Gasteiger charge is -2.21. The fraction of sp³-hybridized carbons (Fsp3) is 0.364. The summed E-state index contributed by atoms with van der Waals surface area (Å²) in [6.45, 7) is 1.40. The molecular weight excluding hydrogens is 238 g/mol. The van der Waals surface area contributed by atoms with Crippen LogP contribution in [0, 0.1) is 0 Å². The molecule has 3 N–H and O–H groups in total. The van der Waals surface area contributed by atoms with Crippen LogP contribution in [0.4, 0.5) is 0 Å². The lowest BCUT2D eigenvalue weighted by Crippen LogP contribution is -2.40. The van der Waals surface area contributed by atoms with Crippen molar-refractivity contribution in [3.63, 3.8) is 0 Å². The number of carboxylic acids is 1. The van der Waals surface area contributed by atoms with E-state index in [1.807, 2.05) is 0 Å². The van der Waals surface area contributed by atoms with Crippen LogP contribution in [0.1, 0.15) is 27.8 Å². The van der Waals surface area contributed by atoms with E-state index < -0.39 is 23.8 Å². The van der Waals surface area contributed by atoms with E-state index >= 15 is 0 Å². The Morgan fingerprint density at radius 3 is 2.39 bits per heavy atom. The number of carbonyl (C=O) groups is 3. The van der Waals surface area contributed by atoms with Crippen molar-refractivity contribution in [2.45, 2.75) is 13.0 Å². The van der Waals surface area contributed by atoms with Gasteiger partial charge in [-0.3, -0.25) is 9.59 Å². The number of likely N-dealkylation sites (N-methyl/N-ethyl adjacent to an activating group) is 1. The summed E-state index contributed by atoms with van der Waals surface area (Å²) >= 11 is 0. The second kappa shape index (κ2) is 4.91. The van der Waals surface area contributed by atoms with E-state index in [9.17, 15) is 14.4 Å². The SMILES string of the molecule is CC(C(=O)O)N(C)C(=O)c1cc(C(N)=O)cn1C. The van der Waals surface area contributed by atoms with Gasteiger partial charge in [0.2, 0.25) is 5.91 Å². The Balaban J connectivity index is 3.04. The molecule has 0 aliphatic rings. The molecule has 2 amide bonds. The Hall–Kier alpha value is -2.31. The number of aryl methyl sites for hydroxylation is 1. The molecular formula is C11H15N3O4. The number of aromatic nitrogens is 1. The molecule has 0 aliphatic carbocycles. The molecule has 0 radical (unpaired) electrons. The van der Waals surface area contributed by atoms with Crippen LogP contribution < -0.4 is 5.73 Å². The molecule has 1 heterocycles. The number of nitrogens with two attached hydrogens (primary N) is 1. The molecule has 1 unspecified atom stereocenters. The van der Waals surface area contributed by atoms with Crippen LogP contribution in [0.2, 0.25) is 0 Å². The highest BCUT2D eigenvalue weighted by Gasteiger charge is 2.25. The number of amides is 2. The molecule has 1 rings (SSSR count). The molecule has 0 aliphatic heterocycles. The highest BCUT2D eigenvalue weighted by atomic mass is 16.4. The minimum absolute atomic E-state index is 0.206. The van der Waals surface area contributed by atoms with Crippen LogP contribution >= 0.6 is 0 Å². The molecule has 7 nitrogen and oxygen atoms in total. The lowest BCUT2D eigenvalue weighted by atomic mass is 10.2. The maximum Gasteiger partial charge on any atom is 0.326 e. The molecule has 0 aromatic carbocycles. The molecule has 0 saturated carbocycles. The summed E-state index contributed by atoms with van der Waals surface area (Å²) in [7, 11) is 2.97. The maximum absolute atomic E-state index is 12.0. The van der Waals surface area contributed by atoms with Crippen molar-refractivity contribution in [2.75, 3.05) is 7.05 Å². The summed E-state index contributed by atoms with van der Waals surface area (Å²) in [5.41, 5.74) is 5.52. The molecule has 18 heavy (non-hydrogen) atoms. The van der Waals surface area contributed by atoms with E-state index in [1.165, 1.54) is 30.8 Å². The van der Waals surface area contributed by atoms with Gasteiger partial charge in [-0.1, -0.05) is 0 Å². The quantitative estimate of drug-likeness (QED) is 0.766. The number of primary amides is 1. The molecule has 1 aromatic rings. The van der Waals surface area contributed by atoms with Gasteiger partial charge in [0.25, 0.3) is 5.91 Å². The van der Waals surface area contributed by atoms with Crippen molar-refractivity contribution >= 4 is 17.8 Å². The molecule has 98 valence electrons. The molecule has 0 spiro atoms. The standard InChI is InChI=1S/C11H15N3O4/c1-6(11(17)18)14(3)10(16)8-4-7(9(12)15)5-13(8)2/h4-6H,1-3H3,(H2,12,15)(H,17,18). The molecule has 1 aromatic heterocycles. The predicted octanol–water partition coefficient (Wildman–Crippen LogP) is -0.331. The highest BCUT2D eigenvalue weighted by molar-refractivity contribution is 5.99. The number of carboxylic acid groups (broad SMARTS) is 1. The van der Waals surface area contributed by atoms with Crippen molar-refractivity contribution in [1.82, 2.24) is 9.47 Å². The summed E-state index contributed by atoms with van der Waals surface area (Å²) in [6.07, 6.45) is 1.43. The fourth-order valence-electron chi connectivity index (χ4n) is 1.43. The normalized spacial score (nSPS) is 11.9. The Morgan fingerprint density at radius 1 is 1.44 bits per heavy atom. The third kappa shape index (κ3) is 2.50. The van der Waals surface area contributed by atoms with Crippen molar-refractivity contribution in [3.05, 3.63) is 23.5 Å². The number of carbonyl (C=O) groups excluding carboxylic acids is 2. The Labute approximate surface area is 104 Å². The van der Waals surface area contributed by atoms with E-state index in [0.717, 1.165) is 4.90 Å². The van der Waals surface area contributed by atoms with Crippen LogP contribution in [0.25, 0.3) is 0 Å². The van der Waals surface area contributed by atoms with E-state index in [-0.39, 0.29) is 11.3 Å². The first-order chi connectivity index (χ1) is 8.25. The smallest absolute Gasteiger partial charge is 0.326 e. The van der Waals surface area contributed by atoms with Crippen LogP contribution in [0.3, 0.4) is 0 Å². The van der Waals surface area contributed by atoms with E-state index in [4.69, 9.17) is 10.8 Å². The highest BCUT2D eigenvalue weighted by Crippen LogP contribution is 2.11. The number of nitrogens with zero attached hydrogens (tertiary/aromatic N) is 2. The molecule has 0 bridgehead atoms. The molecule has 1 atom stereocenters. The van der Waals surface area contributed by atoms with Gasteiger partial charge in [0.05, 0.1) is 5.56 Å². The summed E-state index contributed by atoms with van der Waals surface area (Å²) in [4.78, 5) is 34.9. The third-order valence-corrected chi connectivity index (χ3v) is 2.77. The zero-order valence-electron chi connectivity index (χ0n) is 10.4. The second-order valence-corrected chi connectivity index (χ2v) is 4.02. The second-order valence-electron chi connectivity index (χ2n) is 4.02. The van der Waals surface area contributed by atoms with Crippen molar-refractivity contribution < 1.29 is 19.5 Å². The number of rotatable bonds is 4. The monoisotopic (exact) mass is 253 g/mol. The van der Waals surface area contributed by atoms with Gasteiger partial charge < -0.3 is 20.3 Å². The van der Waals surface area contributed by atoms with E-state index in [2.05, 4.69) is 0 Å². The number of aliphatic carboxylic acids is 1. The predicted molar refractivity (Wildman–Crippen MR) is 63.1 cm³/mol. The van der Waals surface area contributed by atoms with Gasteiger partial charge in [0, 0.05) is 20.3 Å². The largest absolute Gasteiger partial charge is 0.480 e. The number of hydrogen-bond acceptors (Lipinski definition) is 3. The van der Waals surface area contributed by atoms with Crippen LogP contribution in [-0.4, -0.2) is 45.4 Å². The van der Waals surface area contributed by atoms with Crippen molar-refractivity contribution in [1.29, 1.82) is 0 Å². The van der Waals surface area contributed by atoms with Gasteiger partial charge in [-0.2, -0.15) is 0 Å². The minimum atomic E-state index is -1.10. The van der Waals surface area contributed by atoms with Crippen molar-refractivity contribution in [3.8, 4) is 0 Å². The first kappa shape index (κ1) is 13.8. The molecule has 0 saturated heterocycles. The topological polar surface area (TPSA) is 106 Å². The average molecular weight is 253 g/mol. The van der Waals surface area contributed by atoms with E-state index in [0.29, 0.717) is 0 Å². The molecule has 0 fully saturated rings. The van der Waals surface area contributed by atoms with Gasteiger partial charge in [-0.05, 0) is 13.0 Å². The minimum Gasteiger partial charge on any atom is -0.480 e. The van der Waals surface area contributed by atoms with Crippen LogP contribution in [0.15, 0.2) is 12.3 Å². The summed E-state index contributed by atoms with van der Waals surface area (Å²) in [5, 5.41) is 8.84. The summed E-state index contributed by atoms with van der Waals surface area (Å²) in [6, 6.07) is 0.389. The number of hydrogen-bond donors (Lipinski definition) is 2. The molecule has 7 heteroatoms. The average Bonchev–Trinajstić information content (AvgIpc) is 2.68. The van der Waals surface area contributed by atoms with E-state index in [1.54, 1.807) is 7.05 Å². The van der Waals surface area contributed by atoms with Crippen LogP contribution in [-0.2, 0) is 11.8 Å². The first-order valence-electron chi connectivity index (χ1n) is 5.21. The van der Waals surface area contributed by atoms with Gasteiger partial charge >= 0.3 is 5.97 Å². The maximum atomic E-state index is 12.0. The lowest BCUT2D eigenvalue weighted by molar-refractivity contribution is -0.141. The van der Waals surface area contributed by atoms with Gasteiger partial charge in [-0.25, -0.2) is 4.79 Å². The fourth-order valence-corrected chi connectivity index (χ4v) is 1.43. The van der Waals surface area contributed by atoms with Gasteiger partial charge in [-0.15, -0.1) is 0 Å². The Kier molecular flexibility index (Phi) is 3.75. The summed E-state index contributed by atoms with van der Waals surface area (Å²) < 4.78 is 1.44. The first-order valence-corrected chi connectivity index (χ1v) is 5.21. The zero-order chi connectivity index (χ0) is 14.0. The van der Waals surface area contributed by atoms with Crippen LogP contribution in [0.5, 0.6) is 0 Å². The van der Waals surface area contributed by atoms with Gasteiger partial charge in [0.1, 0.15) is 11.7 Å². The zero-order valence-corrected chi connectivity index (χ0v) is 10.4. The summed E-state index contributed by atoms with van der Waals surface area (Å²) in [5.74, 6) is -2.23. The third-order valence-electron chi connectivity index (χ3n) is 2.77. The van der Waals surface area contributed by atoms with Gasteiger partial charge in [0.15, 0.2) is 0 Å². The Bertz CT molecular complexity index is 506. The Morgan fingerprint density at radius 2 is 2.00 bits per heavy atom. The van der Waals surface area contributed by atoms with Crippen molar-refractivity contribution in [2.24, 2.45) is 12.8 Å².